The maximum absolute atomic E-state index is 4.97. The Morgan fingerprint density at radius 2 is 1.33 bits per heavy atom. The predicted octanol–water partition coefficient (Wildman–Crippen LogP) is 16.6. The van der Waals surface area contributed by atoms with Gasteiger partial charge < -0.3 is 4.90 Å². The van der Waals surface area contributed by atoms with Crippen molar-refractivity contribution in [2.75, 3.05) is 4.90 Å². The van der Waals surface area contributed by atoms with Gasteiger partial charge in [0.1, 0.15) is 0 Å². The molecule has 5 aliphatic carbocycles. The zero-order valence-corrected chi connectivity index (χ0v) is 36.6. The van der Waals surface area contributed by atoms with Crippen LogP contribution in [0, 0.1) is 35.5 Å². The molecule has 8 atom stereocenters. The molecule has 6 aromatic carbocycles. The molecule has 0 N–H and O–H groups in total. The number of nitrogens with zero attached hydrogens (tertiary/aromatic N) is 1. The zero-order valence-electron chi connectivity index (χ0n) is 35.8. The molecule has 2 heteroatoms. The summed E-state index contributed by atoms with van der Waals surface area (Å²) in [5.41, 5.74) is 16.8. The Morgan fingerprint density at radius 3 is 2.18 bits per heavy atom. The Morgan fingerprint density at radius 1 is 0.617 bits per heavy atom. The van der Waals surface area contributed by atoms with E-state index in [1.165, 1.54) is 115 Å². The lowest BCUT2D eigenvalue weighted by atomic mass is 9.49. The predicted molar refractivity (Wildman–Crippen MR) is 256 cm³/mol. The van der Waals surface area contributed by atoms with Crippen molar-refractivity contribution in [2.45, 2.75) is 89.9 Å². The lowest BCUT2D eigenvalue weighted by molar-refractivity contribution is 0.0426. The molecule has 60 heavy (non-hydrogen) atoms. The minimum absolute atomic E-state index is 0.0321. The Bertz CT molecular complexity index is 2870. The van der Waals surface area contributed by atoms with Gasteiger partial charge in [0.05, 0.1) is 5.69 Å². The van der Waals surface area contributed by atoms with Crippen LogP contribution in [0.5, 0.6) is 0 Å². The Balaban J connectivity index is 1.11. The summed E-state index contributed by atoms with van der Waals surface area (Å²) >= 11 is 1.92. The van der Waals surface area contributed by atoms with E-state index in [0.29, 0.717) is 23.7 Å². The number of rotatable bonds is 5. The van der Waals surface area contributed by atoms with Crippen LogP contribution < -0.4 is 4.90 Å². The molecule has 5 aliphatic rings. The zero-order chi connectivity index (χ0) is 40.5. The van der Waals surface area contributed by atoms with E-state index >= 15 is 0 Å². The monoisotopic (exact) mass is 799 g/mol. The standard InChI is InChI=1S/C58H57NS/c1-6-38-29-36(4)57(40(7-2)31-38)49-18-11-8-15-44(49)48-33-42(24-26-51(48)57)59(43-23-25-46-45-16-10-13-22-54(45)60-55(46)34-43)53-21-14-20-52-56(53)47-17-9-12-19-50(47)58(52)37(5)30-39-27-35(3)28-41(58)32-39/h8-26,33-35,37-41H,4,6-7,27-32H2,1-3,5H3. The molecule has 0 aliphatic heterocycles. The summed E-state index contributed by atoms with van der Waals surface area (Å²) in [6, 6.07) is 50.1. The summed E-state index contributed by atoms with van der Waals surface area (Å²) in [6.45, 7) is 14.9. The molecule has 2 bridgehead atoms. The highest BCUT2D eigenvalue weighted by Crippen LogP contribution is 2.67. The van der Waals surface area contributed by atoms with E-state index in [2.05, 4.69) is 160 Å². The van der Waals surface area contributed by atoms with E-state index < -0.39 is 0 Å². The minimum atomic E-state index is -0.142. The van der Waals surface area contributed by atoms with Crippen LogP contribution >= 0.6 is 11.3 Å². The van der Waals surface area contributed by atoms with Gasteiger partial charge in [0, 0.05) is 47.9 Å². The van der Waals surface area contributed by atoms with Crippen molar-refractivity contribution < 1.29 is 0 Å². The first kappa shape index (κ1) is 36.9. The van der Waals surface area contributed by atoms with Gasteiger partial charge in [-0.25, -0.2) is 0 Å². The second kappa shape index (κ2) is 13.5. The van der Waals surface area contributed by atoms with E-state index in [0.717, 1.165) is 24.7 Å². The number of benzene rings is 6. The van der Waals surface area contributed by atoms with Gasteiger partial charge in [-0.05, 0) is 149 Å². The van der Waals surface area contributed by atoms with Crippen molar-refractivity contribution in [3.05, 3.63) is 162 Å². The van der Waals surface area contributed by atoms with Crippen molar-refractivity contribution in [2.24, 2.45) is 35.5 Å². The Kier molecular flexibility index (Phi) is 8.33. The van der Waals surface area contributed by atoms with Crippen molar-refractivity contribution in [3.8, 4) is 22.3 Å². The van der Waals surface area contributed by atoms with Crippen molar-refractivity contribution in [1.82, 2.24) is 0 Å². The third kappa shape index (κ3) is 4.86. The molecular weight excluding hydrogens is 743 g/mol. The summed E-state index contributed by atoms with van der Waals surface area (Å²) < 4.78 is 2.69. The van der Waals surface area contributed by atoms with E-state index in [1.54, 1.807) is 11.1 Å². The van der Waals surface area contributed by atoms with Crippen LogP contribution in [0.2, 0.25) is 0 Å². The van der Waals surface area contributed by atoms with Crippen LogP contribution in [0.3, 0.4) is 0 Å². The molecule has 300 valence electrons. The van der Waals surface area contributed by atoms with Gasteiger partial charge in [0.15, 0.2) is 0 Å². The van der Waals surface area contributed by atoms with Gasteiger partial charge in [0.25, 0.3) is 0 Å². The summed E-state index contributed by atoms with van der Waals surface area (Å²) in [5, 5.41) is 2.69. The molecule has 3 fully saturated rings. The molecule has 1 aromatic heterocycles. The van der Waals surface area contributed by atoms with Crippen molar-refractivity contribution >= 4 is 48.6 Å². The molecule has 8 unspecified atom stereocenters. The Labute approximate surface area is 361 Å². The largest absolute Gasteiger partial charge is 0.310 e. The fourth-order valence-corrected chi connectivity index (χ4v) is 15.9. The van der Waals surface area contributed by atoms with Crippen LogP contribution in [0.15, 0.2) is 140 Å². The first-order valence-corrected chi connectivity index (χ1v) is 24.0. The molecule has 0 radical (unpaired) electrons. The number of fused-ring (bicyclic) bond motifs is 16. The Hall–Kier alpha value is -4.92. The van der Waals surface area contributed by atoms with Gasteiger partial charge >= 0.3 is 0 Å². The quantitative estimate of drug-likeness (QED) is 0.157. The van der Waals surface area contributed by atoms with Crippen LogP contribution in [-0.4, -0.2) is 0 Å². The van der Waals surface area contributed by atoms with Crippen LogP contribution in [0.4, 0.5) is 17.1 Å². The molecule has 7 aromatic rings. The van der Waals surface area contributed by atoms with E-state index in [9.17, 15) is 0 Å². The summed E-state index contributed by atoms with van der Waals surface area (Å²) in [5.74, 6) is 4.12. The molecule has 3 saturated carbocycles. The lowest BCUT2D eigenvalue weighted by Gasteiger charge is -2.54. The maximum atomic E-state index is 4.97. The summed E-state index contributed by atoms with van der Waals surface area (Å²) in [6.07, 6.45) is 10.1. The number of hydrogen-bond donors (Lipinski definition) is 0. The fraction of sp³-hybridized carbons (Fsp3) is 0.345. The number of thiophene rings is 1. The third-order valence-electron chi connectivity index (χ3n) is 16.9. The minimum Gasteiger partial charge on any atom is -0.310 e. The van der Waals surface area contributed by atoms with E-state index in [-0.39, 0.29) is 10.8 Å². The number of allylic oxidation sites excluding steroid dienone is 1. The van der Waals surface area contributed by atoms with Gasteiger partial charge in [-0.3, -0.25) is 0 Å². The normalized spacial score (nSPS) is 28.6. The van der Waals surface area contributed by atoms with Crippen LogP contribution in [0.25, 0.3) is 42.4 Å². The van der Waals surface area contributed by atoms with Crippen molar-refractivity contribution in [3.63, 3.8) is 0 Å². The molecular formula is C58H57NS. The van der Waals surface area contributed by atoms with Gasteiger partial charge in [-0.1, -0.05) is 144 Å². The molecule has 1 nitrogen and oxygen atoms in total. The van der Waals surface area contributed by atoms with E-state index in [4.69, 9.17) is 6.58 Å². The molecule has 12 rings (SSSR count). The highest BCUT2D eigenvalue weighted by Gasteiger charge is 2.57. The topological polar surface area (TPSA) is 3.24 Å². The first-order chi connectivity index (χ1) is 29.4. The molecule has 1 heterocycles. The second-order valence-corrected chi connectivity index (χ2v) is 20.8. The molecule has 0 amide bonds. The highest BCUT2D eigenvalue weighted by atomic mass is 32.1. The second-order valence-electron chi connectivity index (χ2n) is 19.7. The smallest absolute Gasteiger partial charge is 0.0543 e. The molecule has 0 saturated heterocycles. The maximum Gasteiger partial charge on any atom is 0.0543 e. The van der Waals surface area contributed by atoms with Gasteiger partial charge in [-0.15, -0.1) is 11.3 Å². The average Bonchev–Trinajstić information content (AvgIpc) is 3.89. The number of hydrogen-bond acceptors (Lipinski definition) is 2. The van der Waals surface area contributed by atoms with E-state index in [1.807, 2.05) is 11.3 Å². The summed E-state index contributed by atoms with van der Waals surface area (Å²) in [4.78, 5) is 2.65. The van der Waals surface area contributed by atoms with Gasteiger partial charge in [0.2, 0.25) is 0 Å². The van der Waals surface area contributed by atoms with Crippen LogP contribution in [-0.2, 0) is 10.8 Å². The third-order valence-corrected chi connectivity index (χ3v) is 18.0. The van der Waals surface area contributed by atoms with Crippen molar-refractivity contribution in [1.29, 1.82) is 0 Å². The van der Waals surface area contributed by atoms with Crippen LogP contribution in [0.1, 0.15) is 101 Å². The number of anilines is 3. The lowest BCUT2D eigenvalue weighted by Crippen LogP contribution is -2.49. The average molecular weight is 800 g/mol. The molecule has 2 spiro atoms. The fourth-order valence-electron chi connectivity index (χ4n) is 14.7. The highest BCUT2D eigenvalue weighted by molar-refractivity contribution is 7.25. The SMILES string of the molecule is C=C1CC(CC)CC(CC)C12c1ccccc1-c1cc(N(c3ccc4c(c3)sc3ccccc34)c3cccc4c3-c3ccccc3C43C(C)CC4CC(C)CC3C4)ccc12. The van der Waals surface area contributed by atoms with Gasteiger partial charge in [-0.2, -0.15) is 0 Å². The summed E-state index contributed by atoms with van der Waals surface area (Å²) in [7, 11) is 0. The first-order valence-electron chi connectivity index (χ1n) is 23.2.